The first-order valence-electron chi connectivity index (χ1n) is 6.83. The maximum atomic E-state index is 12.2. The maximum absolute atomic E-state index is 12.2. The van der Waals surface area contributed by atoms with Crippen LogP contribution in [-0.4, -0.2) is 41.1 Å². The number of rotatable bonds is 3. The average Bonchev–Trinajstić information content (AvgIpc) is 2.48. The van der Waals surface area contributed by atoms with E-state index in [9.17, 15) is 9.90 Å². The zero-order valence-electron chi connectivity index (χ0n) is 11.5. The lowest BCUT2D eigenvalue weighted by molar-refractivity contribution is -0.121. The number of piperidine rings is 1. The van der Waals surface area contributed by atoms with E-state index in [4.69, 9.17) is 5.26 Å². The third-order valence-electron chi connectivity index (χ3n) is 3.71. The largest absolute Gasteiger partial charge is 0.393 e. The van der Waals surface area contributed by atoms with E-state index in [1.807, 2.05) is 13.0 Å². The molecule has 0 unspecified atom stereocenters. The molecule has 1 aromatic carbocycles. The predicted molar refractivity (Wildman–Crippen MR) is 76.1 cm³/mol. The lowest BCUT2D eigenvalue weighted by Gasteiger charge is -2.33. The molecule has 1 aliphatic heterocycles. The molecule has 0 aromatic heterocycles. The molecular formula is C15H19N3O2. The van der Waals surface area contributed by atoms with E-state index < -0.39 is 0 Å². The van der Waals surface area contributed by atoms with Crippen molar-refractivity contribution in [2.24, 2.45) is 0 Å². The molecule has 0 saturated carbocycles. The number of aliphatic hydroxyl groups is 1. The summed E-state index contributed by atoms with van der Waals surface area (Å²) in [6.07, 6.45) is 1.20. The van der Waals surface area contributed by atoms with Gasteiger partial charge in [0.25, 0.3) is 0 Å². The highest BCUT2D eigenvalue weighted by Crippen LogP contribution is 2.15. The summed E-state index contributed by atoms with van der Waals surface area (Å²) >= 11 is 0. The van der Waals surface area contributed by atoms with Crippen molar-refractivity contribution in [3.05, 3.63) is 29.8 Å². The molecule has 20 heavy (non-hydrogen) atoms. The van der Waals surface area contributed by atoms with Crippen molar-refractivity contribution >= 4 is 11.6 Å². The number of nitrogens with zero attached hydrogens (tertiary/aromatic N) is 2. The Morgan fingerprint density at radius 3 is 2.55 bits per heavy atom. The number of anilines is 1. The van der Waals surface area contributed by atoms with Crippen molar-refractivity contribution in [2.75, 3.05) is 18.4 Å². The number of hydrogen-bond donors (Lipinski definition) is 2. The zero-order valence-corrected chi connectivity index (χ0v) is 11.5. The molecule has 5 nitrogen and oxygen atoms in total. The van der Waals surface area contributed by atoms with Gasteiger partial charge in [0.05, 0.1) is 23.8 Å². The van der Waals surface area contributed by atoms with E-state index >= 15 is 0 Å². The summed E-state index contributed by atoms with van der Waals surface area (Å²) in [5.41, 5.74) is 1.26. The van der Waals surface area contributed by atoms with Crippen molar-refractivity contribution in [1.29, 1.82) is 5.26 Å². The third-order valence-corrected chi connectivity index (χ3v) is 3.71. The van der Waals surface area contributed by atoms with Crippen LogP contribution in [0.15, 0.2) is 24.3 Å². The Balaban J connectivity index is 1.91. The van der Waals surface area contributed by atoms with Crippen LogP contribution in [-0.2, 0) is 4.79 Å². The van der Waals surface area contributed by atoms with Crippen molar-refractivity contribution in [3.63, 3.8) is 0 Å². The van der Waals surface area contributed by atoms with Gasteiger partial charge in [-0.05, 0) is 44.0 Å². The topological polar surface area (TPSA) is 76.4 Å². The Kier molecular flexibility index (Phi) is 4.72. The SMILES string of the molecule is C[C@@H](C(=O)Nc1ccc(C#N)cc1)N1CCC(O)CC1. The third kappa shape index (κ3) is 3.56. The molecule has 1 aliphatic rings. The minimum atomic E-state index is -0.236. The van der Waals surface area contributed by atoms with Crippen LogP contribution in [0.5, 0.6) is 0 Å². The molecule has 1 fully saturated rings. The van der Waals surface area contributed by atoms with Crippen LogP contribution in [0.2, 0.25) is 0 Å². The summed E-state index contributed by atoms with van der Waals surface area (Å²) in [5, 5.41) is 21.1. The van der Waals surface area contributed by atoms with Crippen LogP contribution in [0, 0.1) is 11.3 Å². The lowest BCUT2D eigenvalue weighted by atomic mass is 10.1. The molecule has 2 N–H and O–H groups in total. The second-order valence-corrected chi connectivity index (χ2v) is 5.12. The number of nitriles is 1. The van der Waals surface area contributed by atoms with Crippen molar-refractivity contribution in [2.45, 2.75) is 31.9 Å². The predicted octanol–water partition coefficient (Wildman–Crippen LogP) is 1.34. The van der Waals surface area contributed by atoms with Crippen molar-refractivity contribution in [1.82, 2.24) is 4.90 Å². The van der Waals surface area contributed by atoms with E-state index in [-0.39, 0.29) is 18.1 Å². The highest BCUT2D eigenvalue weighted by molar-refractivity contribution is 5.94. The summed E-state index contributed by atoms with van der Waals surface area (Å²) in [7, 11) is 0. The van der Waals surface area contributed by atoms with Crippen LogP contribution in [0.25, 0.3) is 0 Å². The molecule has 1 atom stereocenters. The minimum absolute atomic E-state index is 0.0638. The number of benzene rings is 1. The summed E-state index contributed by atoms with van der Waals surface area (Å²) in [5.74, 6) is -0.0638. The first-order chi connectivity index (χ1) is 9.60. The monoisotopic (exact) mass is 273 g/mol. The minimum Gasteiger partial charge on any atom is -0.393 e. The maximum Gasteiger partial charge on any atom is 0.241 e. The number of nitrogens with one attached hydrogen (secondary N) is 1. The fourth-order valence-electron chi connectivity index (χ4n) is 2.31. The molecule has 1 heterocycles. The number of amides is 1. The molecule has 0 aliphatic carbocycles. The fraction of sp³-hybridized carbons (Fsp3) is 0.467. The molecule has 1 amide bonds. The Morgan fingerprint density at radius 1 is 1.40 bits per heavy atom. The molecule has 5 heteroatoms. The zero-order chi connectivity index (χ0) is 14.5. The highest BCUT2D eigenvalue weighted by Gasteiger charge is 2.25. The number of carbonyl (C=O) groups is 1. The molecule has 0 spiro atoms. The fourth-order valence-corrected chi connectivity index (χ4v) is 2.31. The smallest absolute Gasteiger partial charge is 0.241 e. The van der Waals surface area contributed by atoms with Gasteiger partial charge in [-0.1, -0.05) is 0 Å². The van der Waals surface area contributed by atoms with E-state index in [0.29, 0.717) is 24.1 Å². The number of aliphatic hydroxyl groups excluding tert-OH is 1. The normalized spacial score (nSPS) is 18.2. The quantitative estimate of drug-likeness (QED) is 0.871. The lowest BCUT2D eigenvalue weighted by Crippen LogP contribution is -2.47. The van der Waals surface area contributed by atoms with Gasteiger partial charge in [0.1, 0.15) is 0 Å². The van der Waals surface area contributed by atoms with Gasteiger partial charge in [-0.3, -0.25) is 9.69 Å². The van der Waals surface area contributed by atoms with Gasteiger partial charge in [-0.2, -0.15) is 5.26 Å². The summed E-state index contributed by atoms with van der Waals surface area (Å²) in [6.45, 7) is 3.35. The first kappa shape index (κ1) is 14.5. The standard InChI is InChI=1S/C15H19N3O2/c1-11(18-8-6-14(19)7-9-18)15(20)17-13-4-2-12(10-16)3-5-13/h2-5,11,14,19H,6-9H2,1H3,(H,17,20)/t11-/m0/s1. The summed E-state index contributed by atoms with van der Waals surface area (Å²) in [6, 6.07) is 8.62. The second kappa shape index (κ2) is 6.51. The molecule has 0 radical (unpaired) electrons. The first-order valence-corrected chi connectivity index (χ1v) is 6.83. The van der Waals surface area contributed by atoms with E-state index in [1.54, 1.807) is 24.3 Å². The van der Waals surface area contributed by atoms with Crippen LogP contribution in [0.1, 0.15) is 25.3 Å². The van der Waals surface area contributed by atoms with Crippen LogP contribution >= 0.6 is 0 Å². The Labute approximate surface area is 118 Å². The molecule has 106 valence electrons. The van der Waals surface area contributed by atoms with Gasteiger partial charge >= 0.3 is 0 Å². The van der Waals surface area contributed by atoms with Gasteiger partial charge in [-0.25, -0.2) is 0 Å². The van der Waals surface area contributed by atoms with Crippen molar-refractivity contribution in [3.8, 4) is 6.07 Å². The Hall–Kier alpha value is -1.90. The van der Waals surface area contributed by atoms with Crippen LogP contribution in [0.4, 0.5) is 5.69 Å². The Bertz CT molecular complexity index is 499. The van der Waals surface area contributed by atoms with Gasteiger partial charge in [0.15, 0.2) is 0 Å². The molecular weight excluding hydrogens is 254 g/mol. The number of hydrogen-bond acceptors (Lipinski definition) is 4. The second-order valence-electron chi connectivity index (χ2n) is 5.12. The van der Waals surface area contributed by atoms with Crippen LogP contribution in [0.3, 0.4) is 0 Å². The highest BCUT2D eigenvalue weighted by atomic mass is 16.3. The van der Waals surface area contributed by atoms with E-state index in [0.717, 1.165) is 13.1 Å². The Morgan fingerprint density at radius 2 is 2.00 bits per heavy atom. The van der Waals surface area contributed by atoms with Gasteiger partial charge < -0.3 is 10.4 Å². The number of carbonyl (C=O) groups excluding carboxylic acids is 1. The van der Waals surface area contributed by atoms with E-state index in [1.165, 1.54) is 0 Å². The average molecular weight is 273 g/mol. The molecule has 0 bridgehead atoms. The van der Waals surface area contributed by atoms with Gasteiger partial charge in [0, 0.05) is 18.8 Å². The molecule has 1 aromatic rings. The van der Waals surface area contributed by atoms with Crippen LogP contribution < -0.4 is 5.32 Å². The molecule has 2 rings (SSSR count). The van der Waals surface area contributed by atoms with Crippen molar-refractivity contribution < 1.29 is 9.90 Å². The summed E-state index contributed by atoms with van der Waals surface area (Å²) in [4.78, 5) is 14.2. The van der Waals surface area contributed by atoms with E-state index in [2.05, 4.69) is 10.2 Å². The molecule has 1 saturated heterocycles. The van der Waals surface area contributed by atoms with Gasteiger partial charge in [0.2, 0.25) is 5.91 Å². The number of likely N-dealkylation sites (tertiary alicyclic amines) is 1. The summed E-state index contributed by atoms with van der Waals surface area (Å²) < 4.78 is 0. The van der Waals surface area contributed by atoms with Gasteiger partial charge in [-0.15, -0.1) is 0 Å².